The van der Waals surface area contributed by atoms with E-state index in [1.165, 1.54) is 0 Å². The molecule has 88 valence electrons. The number of carbonyl (C=O) groups is 1. The molecule has 1 rings (SSSR count). The SMILES string of the molecule is Cc1ccc(NC(=O)NCP(=O)([O-])O)cc1. The van der Waals surface area contributed by atoms with Gasteiger partial charge in [0.1, 0.15) is 0 Å². The number of hydrogen-bond acceptors (Lipinski definition) is 3. The van der Waals surface area contributed by atoms with Crippen molar-refractivity contribution in [3.05, 3.63) is 29.8 Å². The number of aryl methyl sites for hydroxylation is 1. The summed E-state index contributed by atoms with van der Waals surface area (Å²) in [6.45, 7) is 1.91. The minimum Gasteiger partial charge on any atom is -0.777 e. The van der Waals surface area contributed by atoms with Crippen molar-refractivity contribution in [2.45, 2.75) is 6.92 Å². The molecule has 0 aliphatic carbocycles. The Hall–Kier alpha value is -1.36. The van der Waals surface area contributed by atoms with E-state index >= 15 is 0 Å². The van der Waals surface area contributed by atoms with Crippen LogP contribution in [0.2, 0.25) is 0 Å². The highest BCUT2D eigenvalue weighted by Gasteiger charge is 2.05. The number of hydrogen-bond donors (Lipinski definition) is 3. The number of amides is 2. The molecule has 0 heterocycles. The highest BCUT2D eigenvalue weighted by molar-refractivity contribution is 7.50. The molecule has 6 nitrogen and oxygen atoms in total. The van der Waals surface area contributed by atoms with E-state index in [4.69, 9.17) is 4.89 Å². The molecular formula is C9H12N2O4P-. The largest absolute Gasteiger partial charge is 0.777 e. The quantitative estimate of drug-likeness (QED) is 0.677. The first-order valence-corrected chi connectivity index (χ1v) is 6.27. The lowest BCUT2D eigenvalue weighted by Gasteiger charge is -2.16. The maximum absolute atomic E-state index is 11.2. The average molecular weight is 243 g/mol. The molecule has 3 N–H and O–H groups in total. The maximum atomic E-state index is 11.2. The number of carbonyl (C=O) groups excluding carboxylic acids is 1. The standard InChI is InChI=1S/C9H13N2O4P/c1-7-2-4-8(5-3-7)11-9(12)10-6-16(13,14)15/h2-5H,6H2,1H3,(H2,10,11,12)(H2,13,14,15)/p-1. The fraction of sp³-hybridized carbons (Fsp3) is 0.222. The number of rotatable bonds is 3. The van der Waals surface area contributed by atoms with Crippen LogP contribution in [0, 0.1) is 6.92 Å². The highest BCUT2D eigenvalue weighted by atomic mass is 31.2. The van der Waals surface area contributed by atoms with Crippen molar-refractivity contribution < 1.29 is 19.1 Å². The van der Waals surface area contributed by atoms with Crippen molar-refractivity contribution in [1.82, 2.24) is 5.32 Å². The Kier molecular flexibility index (Phi) is 4.06. The molecular weight excluding hydrogens is 231 g/mol. The Bertz CT molecular complexity index is 412. The number of nitrogens with one attached hydrogen (secondary N) is 2. The van der Waals surface area contributed by atoms with E-state index in [0.29, 0.717) is 5.69 Å². The van der Waals surface area contributed by atoms with Crippen molar-refractivity contribution in [1.29, 1.82) is 0 Å². The minimum atomic E-state index is -4.45. The van der Waals surface area contributed by atoms with Gasteiger partial charge >= 0.3 is 6.03 Å². The summed E-state index contributed by atoms with van der Waals surface area (Å²) in [5.74, 6) is 0. The fourth-order valence-corrected chi connectivity index (χ4v) is 1.33. The first-order valence-electron chi connectivity index (χ1n) is 4.51. The second-order valence-corrected chi connectivity index (χ2v) is 4.88. The van der Waals surface area contributed by atoms with Crippen molar-refractivity contribution in [3.63, 3.8) is 0 Å². The summed E-state index contributed by atoms with van der Waals surface area (Å²) in [6.07, 6.45) is -0.787. The van der Waals surface area contributed by atoms with Gasteiger partial charge in [0.25, 0.3) is 0 Å². The predicted octanol–water partition coefficient (Wildman–Crippen LogP) is 0.620. The van der Waals surface area contributed by atoms with E-state index in [1.54, 1.807) is 24.3 Å². The molecule has 0 saturated carbocycles. The average Bonchev–Trinajstić information content (AvgIpc) is 2.18. The number of urea groups is 1. The van der Waals surface area contributed by atoms with Gasteiger partial charge in [-0.2, -0.15) is 0 Å². The van der Waals surface area contributed by atoms with Crippen molar-refractivity contribution in [2.24, 2.45) is 0 Å². The zero-order valence-electron chi connectivity index (χ0n) is 8.64. The maximum Gasteiger partial charge on any atom is 0.319 e. The summed E-state index contributed by atoms with van der Waals surface area (Å²) in [7, 11) is -4.45. The molecule has 0 saturated heterocycles. The number of anilines is 1. The Balaban J connectivity index is 2.46. The first-order chi connectivity index (χ1) is 7.37. The molecule has 16 heavy (non-hydrogen) atoms. The van der Waals surface area contributed by atoms with Gasteiger partial charge in [-0.3, -0.25) is 0 Å². The molecule has 0 aromatic heterocycles. The third-order valence-electron chi connectivity index (χ3n) is 1.75. The van der Waals surface area contributed by atoms with E-state index in [9.17, 15) is 14.3 Å². The van der Waals surface area contributed by atoms with Gasteiger partial charge in [-0.25, -0.2) is 4.79 Å². The van der Waals surface area contributed by atoms with Crippen molar-refractivity contribution in [2.75, 3.05) is 11.6 Å². The summed E-state index contributed by atoms with van der Waals surface area (Å²) in [5, 5.41) is 4.43. The van der Waals surface area contributed by atoms with E-state index in [0.717, 1.165) is 5.56 Å². The summed E-state index contributed by atoms with van der Waals surface area (Å²) < 4.78 is 10.4. The van der Waals surface area contributed by atoms with Crippen LogP contribution in [0.3, 0.4) is 0 Å². The van der Waals surface area contributed by atoms with Crippen LogP contribution < -0.4 is 15.5 Å². The van der Waals surface area contributed by atoms with Crippen LogP contribution in [-0.2, 0) is 4.57 Å². The number of benzene rings is 1. The molecule has 1 unspecified atom stereocenters. The van der Waals surface area contributed by atoms with Gasteiger partial charge in [-0.15, -0.1) is 0 Å². The Labute approximate surface area is 92.8 Å². The normalized spacial score (nSPS) is 13.9. The van der Waals surface area contributed by atoms with Crippen molar-refractivity contribution in [3.8, 4) is 0 Å². The summed E-state index contributed by atoms with van der Waals surface area (Å²) in [6, 6.07) is 6.30. The Morgan fingerprint density at radius 1 is 1.44 bits per heavy atom. The van der Waals surface area contributed by atoms with E-state index < -0.39 is 19.9 Å². The lowest BCUT2D eigenvalue weighted by molar-refractivity contribution is -0.193. The van der Waals surface area contributed by atoms with Gasteiger partial charge in [0.15, 0.2) is 7.60 Å². The summed E-state index contributed by atoms with van der Waals surface area (Å²) >= 11 is 0. The van der Waals surface area contributed by atoms with Crippen LogP contribution >= 0.6 is 7.60 Å². The van der Waals surface area contributed by atoms with E-state index in [2.05, 4.69) is 5.32 Å². The third-order valence-corrected chi connectivity index (χ3v) is 2.31. The zero-order valence-corrected chi connectivity index (χ0v) is 9.53. The van der Waals surface area contributed by atoms with Crippen LogP contribution in [0.5, 0.6) is 0 Å². The van der Waals surface area contributed by atoms with Gasteiger partial charge in [0.05, 0.1) is 6.29 Å². The molecule has 0 spiro atoms. The molecule has 1 aromatic rings. The zero-order chi connectivity index (χ0) is 12.2. The van der Waals surface area contributed by atoms with Gasteiger partial charge in [0, 0.05) is 5.69 Å². The summed E-state index contributed by atoms with van der Waals surface area (Å²) in [4.78, 5) is 30.0. The van der Waals surface area contributed by atoms with Crippen LogP contribution in [0.1, 0.15) is 5.56 Å². The van der Waals surface area contributed by atoms with Crippen LogP contribution in [0.15, 0.2) is 24.3 Å². The van der Waals surface area contributed by atoms with Crippen LogP contribution in [0.4, 0.5) is 10.5 Å². The Morgan fingerprint density at radius 2 is 2.00 bits per heavy atom. The lowest BCUT2D eigenvalue weighted by Crippen LogP contribution is -2.31. The second-order valence-electron chi connectivity index (χ2n) is 3.29. The molecule has 0 aliphatic heterocycles. The molecule has 1 aromatic carbocycles. The molecule has 2 amide bonds. The van der Waals surface area contributed by atoms with Crippen molar-refractivity contribution >= 4 is 19.3 Å². The lowest BCUT2D eigenvalue weighted by atomic mass is 10.2. The molecule has 1 atom stereocenters. The van der Waals surface area contributed by atoms with Gasteiger partial charge < -0.3 is 25.0 Å². The molecule has 0 fully saturated rings. The van der Waals surface area contributed by atoms with Gasteiger partial charge in [-0.05, 0) is 19.1 Å². The van der Waals surface area contributed by atoms with Crippen LogP contribution in [0.25, 0.3) is 0 Å². The Morgan fingerprint density at radius 3 is 2.50 bits per heavy atom. The molecule has 0 radical (unpaired) electrons. The highest BCUT2D eigenvalue weighted by Crippen LogP contribution is 2.25. The van der Waals surface area contributed by atoms with Gasteiger partial charge in [0.2, 0.25) is 0 Å². The predicted molar refractivity (Wildman–Crippen MR) is 58.0 cm³/mol. The van der Waals surface area contributed by atoms with Gasteiger partial charge in [-0.1, -0.05) is 17.7 Å². The van der Waals surface area contributed by atoms with Crippen LogP contribution in [-0.4, -0.2) is 17.2 Å². The summed E-state index contributed by atoms with van der Waals surface area (Å²) in [5.41, 5.74) is 1.59. The minimum absolute atomic E-state index is 0.543. The van der Waals surface area contributed by atoms with E-state index in [1.807, 2.05) is 12.2 Å². The second kappa shape index (κ2) is 5.12. The smallest absolute Gasteiger partial charge is 0.319 e. The monoisotopic (exact) mass is 243 g/mol. The molecule has 0 bridgehead atoms. The first kappa shape index (κ1) is 12.7. The topological polar surface area (TPSA) is 101 Å². The molecule has 7 heteroatoms. The third kappa shape index (κ3) is 4.93. The fourth-order valence-electron chi connectivity index (χ4n) is 0.984. The molecule has 0 aliphatic rings. The van der Waals surface area contributed by atoms with E-state index in [-0.39, 0.29) is 0 Å².